The molecule has 0 spiro atoms. The van der Waals surface area contributed by atoms with Crippen LogP contribution in [0.4, 0.5) is 13.2 Å². The molecular weight excluding hydrogens is 311 g/mol. The molecule has 0 aliphatic heterocycles. The second-order valence-corrected chi connectivity index (χ2v) is 5.11. The standard InChI is InChI=1S/C15H16F3N3O2/c1-9(12(19)6-7-22)14-20-8-13(21-14)10-2-4-11(5-3-10)23-15(16,17)18/h2-5,7-9,12H,6,19H2,1H3,(H,20,21). The van der Waals surface area contributed by atoms with E-state index in [4.69, 9.17) is 5.73 Å². The van der Waals surface area contributed by atoms with Gasteiger partial charge in [0.1, 0.15) is 17.9 Å². The Morgan fingerprint density at radius 1 is 1.35 bits per heavy atom. The predicted molar refractivity (Wildman–Crippen MR) is 77.8 cm³/mol. The van der Waals surface area contributed by atoms with Crippen molar-refractivity contribution in [2.24, 2.45) is 5.73 Å². The second-order valence-electron chi connectivity index (χ2n) is 5.11. The third-order valence-electron chi connectivity index (χ3n) is 3.44. The molecule has 5 nitrogen and oxygen atoms in total. The lowest BCUT2D eigenvalue weighted by molar-refractivity contribution is -0.274. The van der Waals surface area contributed by atoms with Crippen LogP contribution in [-0.4, -0.2) is 28.7 Å². The minimum absolute atomic E-state index is 0.151. The Morgan fingerprint density at radius 2 is 2.00 bits per heavy atom. The van der Waals surface area contributed by atoms with E-state index in [1.54, 1.807) is 6.20 Å². The van der Waals surface area contributed by atoms with E-state index in [-0.39, 0.29) is 24.1 Å². The molecule has 2 rings (SSSR count). The molecule has 2 aromatic rings. The molecule has 0 fully saturated rings. The molecule has 23 heavy (non-hydrogen) atoms. The van der Waals surface area contributed by atoms with Crippen molar-refractivity contribution in [3.05, 3.63) is 36.3 Å². The van der Waals surface area contributed by atoms with Crippen molar-refractivity contribution in [1.82, 2.24) is 9.97 Å². The smallest absolute Gasteiger partial charge is 0.406 e. The highest BCUT2D eigenvalue weighted by Crippen LogP contribution is 2.27. The number of aromatic nitrogens is 2. The number of hydrogen-bond acceptors (Lipinski definition) is 4. The molecule has 8 heteroatoms. The summed E-state index contributed by atoms with van der Waals surface area (Å²) in [7, 11) is 0. The van der Waals surface area contributed by atoms with Crippen molar-refractivity contribution in [2.75, 3.05) is 0 Å². The van der Waals surface area contributed by atoms with Crippen LogP contribution in [-0.2, 0) is 4.79 Å². The maximum atomic E-state index is 12.1. The molecule has 1 aromatic carbocycles. The van der Waals surface area contributed by atoms with E-state index in [1.165, 1.54) is 24.3 Å². The number of hydrogen-bond donors (Lipinski definition) is 2. The number of rotatable bonds is 6. The number of aromatic amines is 1. The van der Waals surface area contributed by atoms with Gasteiger partial charge in [-0.05, 0) is 29.8 Å². The Hall–Kier alpha value is -2.35. The van der Waals surface area contributed by atoms with Crippen LogP contribution < -0.4 is 10.5 Å². The lowest BCUT2D eigenvalue weighted by Crippen LogP contribution is -2.27. The number of carbonyl (C=O) groups excluding carboxylic acids is 1. The van der Waals surface area contributed by atoms with Crippen LogP contribution in [0.3, 0.4) is 0 Å². The maximum absolute atomic E-state index is 12.1. The molecule has 0 radical (unpaired) electrons. The normalized spacial score (nSPS) is 14.3. The molecule has 0 amide bonds. The largest absolute Gasteiger partial charge is 0.573 e. The first-order valence-electron chi connectivity index (χ1n) is 6.90. The zero-order chi connectivity index (χ0) is 17.0. The Labute approximate surface area is 130 Å². The van der Waals surface area contributed by atoms with Crippen LogP contribution in [0, 0.1) is 0 Å². The molecule has 0 aliphatic rings. The summed E-state index contributed by atoms with van der Waals surface area (Å²) in [6, 6.07) is 5.09. The molecule has 1 aromatic heterocycles. The summed E-state index contributed by atoms with van der Waals surface area (Å²) in [5, 5.41) is 0. The molecule has 2 unspecified atom stereocenters. The van der Waals surface area contributed by atoms with Crippen molar-refractivity contribution >= 4 is 6.29 Å². The van der Waals surface area contributed by atoms with E-state index in [9.17, 15) is 18.0 Å². The van der Waals surface area contributed by atoms with Gasteiger partial charge >= 0.3 is 6.36 Å². The summed E-state index contributed by atoms with van der Waals surface area (Å²) >= 11 is 0. The molecule has 2 atom stereocenters. The average molecular weight is 327 g/mol. The number of carbonyl (C=O) groups is 1. The van der Waals surface area contributed by atoms with Crippen molar-refractivity contribution in [2.45, 2.75) is 31.7 Å². The van der Waals surface area contributed by atoms with E-state index < -0.39 is 6.36 Å². The molecule has 3 N–H and O–H groups in total. The van der Waals surface area contributed by atoms with Crippen molar-refractivity contribution in [3.8, 4) is 17.0 Å². The molecule has 0 aliphatic carbocycles. The summed E-state index contributed by atoms with van der Waals surface area (Å²) in [6.07, 6.45) is -2.17. The van der Waals surface area contributed by atoms with Crippen molar-refractivity contribution < 1.29 is 22.7 Å². The number of nitrogens with two attached hydrogens (primary N) is 1. The van der Waals surface area contributed by atoms with Crippen LogP contribution in [0.1, 0.15) is 25.1 Å². The fourth-order valence-electron chi connectivity index (χ4n) is 2.07. The Balaban J connectivity index is 2.12. The number of imidazole rings is 1. The lowest BCUT2D eigenvalue weighted by atomic mass is 10.00. The second kappa shape index (κ2) is 6.82. The average Bonchev–Trinajstić information content (AvgIpc) is 2.95. The number of benzene rings is 1. The molecule has 0 bridgehead atoms. The van der Waals surface area contributed by atoms with Gasteiger partial charge in [-0.1, -0.05) is 6.92 Å². The minimum Gasteiger partial charge on any atom is -0.406 e. The zero-order valence-corrected chi connectivity index (χ0v) is 12.3. The maximum Gasteiger partial charge on any atom is 0.573 e. The SMILES string of the molecule is CC(c1ncc(-c2ccc(OC(F)(F)F)cc2)[nH]1)C(N)CC=O. The predicted octanol–water partition coefficient (Wildman–Crippen LogP) is 3.00. The highest BCUT2D eigenvalue weighted by Gasteiger charge is 2.31. The van der Waals surface area contributed by atoms with Gasteiger partial charge in [0, 0.05) is 18.4 Å². The third kappa shape index (κ3) is 4.56. The van der Waals surface area contributed by atoms with E-state index in [2.05, 4.69) is 14.7 Å². The van der Waals surface area contributed by atoms with Gasteiger partial charge in [-0.25, -0.2) is 4.98 Å². The number of H-pyrrole nitrogens is 1. The Bertz CT molecular complexity index is 653. The molecule has 124 valence electrons. The lowest BCUT2D eigenvalue weighted by Gasteiger charge is -2.14. The zero-order valence-electron chi connectivity index (χ0n) is 12.3. The topological polar surface area (TPSA) is 81.0 Å². The highest BCUT2D eigenvalue weighted by molar-refractivity contribution is 5.59. The van der Waals surface area contributed by atoms with Crippen LogP contribution in [0.2, 0.25) is 0 Å². The van der Waals surface area contributed by atoms with Crippen LogP contribution >= 0.6 is 0 Å². The number of ether oxygens (including phenoxy) is 1. The fraction of sp³-hybridized carbons (Fsp3) is 0.333. The number of aldehydes is 1. The van der Waals surface area contributed by atoms with Gasteiger partial charge in [-0.2, -0.15) is 0 Å². The van der Waals surface area contributed by atoms with Gasteiger partial charge in [0.2, 0.25) is 0 Å². The van der Waals surface area contributed by atoms with Gasteiger partial charge in [0.25, 0.3) is 0 Å². The summed E-state index contributed by atoms with van der Waals surface area (Å²) in [6.45, 7) is 1.84. The van der Waals surface area contributed by atoms with Crippen molar-refractivity contribution in [1.29, 1.82) is 0 Å². The van der Waals surface area contributed by atoms with E-state index >= 15 is 0 Å². The summed E-state index contributed by atoms with van der Waals surface area (Å²) < 4.78 is 40.2. The van der Waals surface area contributed by atoms with E-state index in [0.717, 1.165) is 6.29 Å². The van der Waals surface area contributed by atoms with Crippen molar-refractivity contribution in [3.63, 3.8) is 0 Å². The van der Waals surface area contributed by atoms with Crippen LogP contribution in [0.15, 0.2) is 30.5 Å². The molecule has 0 saturated heterocycles. The summed E-state index contributed by atoms with van der Waals surface area (Å²) in [4.78, 5) is 17.8. The van der Waals surface area contributed by atoms with Crippen LogP contribution in [0.25, 0.3) is 11.3 Å². The van der Waals surface area contributed by atoms with Gasteiger partial charge in [-0.15, -0.1) is 13.2 Å². The van der Waals surface area contributed by atoms with Gasteiger partial charge in [0.15, 0.2) is 0 Å². The summed E-state index contributed by atoms with van der Waals surface area (Å²) in [5.74, 6) is 0.175. The molecule has 1 heterocycles. The number of halogens is 3. The monoisotopic (exact) mass is 327 g/mol. The van der Waals surface area contributed by atoms with Crippen LogP contribution in [0.5, 0.6) is 5.75 Å². The first kappa shape index (κ1) is 17.0. The molecular formula is C15H16F3N3O2. The quantitative estimate of drug-likeness (QED) is 0.799. The number of nitrogens with zero attached hydrogens (tertiary/aromatic N) is 1. The number of nitrogens with one attached hydrogen (secondary N) is 1. The van der Waals surface area contributed by atoms with E-state index in [0.29, 0.717) is 17.1 Å². The minimum atomic E-state index is -4.72. The fourth-order valence-corrected chi connectivity index (χ4v) is 2.07. The first-order chi connectivity index (χ1) is 10.8. The van der Waals surface area contributed by atoms with Gasteiger partial charge in [0.05, 0.1) is 11.9 Å². The van der Waals surface area contributed by atoms with Gasteiger partial charge in [-0.3, -0.25) is 0 Å². The Kier molecular flexibility index (Phi) is 5.05. The Morgan fingerprint density at radius 3 is 2.57 bits per heavy atom. The molecule has 0 saturated carbocycles. The van der Waals surface area contributed by atoms with Gasteiger partial charge < -0.3 is 20.2 Å². The number of alkyl halides is 3. The third-order valence-corrected chi connectivity index (χ3v) is 3.44. The summed E-state index contributed by atoms with van der Waals surface area (Å²) in [5.41, 5.74) is 7.18. The highest BCUT2D eigenvalue weighted by atomic mass is 19.4. The van der Waals surface area contributed by atoms with E-state index in [1.807, 2.05) is 6.92 Å². The first-order valence-corrected chi connectivity index (χ1v) is 6.90.